The van der Waals surface area contributed by atoms with Crippen LogP contribution in [-0.2, 0) is 11.3 Å². The molecular formula is C19H20Cl2FN5O. The number of aryl methyl sites for hydroxylation is 2. The maximum absolute atomic E-state index is 14.0. The number of nitrogens with zero attached hydrogens (tertiary/aromatic N) is 4. The lowest BCUT2D eigenvalue weighted by Crippen LogP contribution is -2.25. The van der Waals surface area contributed by atoms with Crippen LogP contribution >= 0.6 is 23.2 Å². The monoisotopic (exact) mass is 423 g/mol. The van der Waals surface area contributed by atoms with Crippen molar-refractivity contribution < 1.29 is 9.18 Å². The third kappa shape index (κ3) is 3.91. The molecule has 0 saturated carbocycles. The summed E-state index contributed by atoms with van der Waals surface area (Å²) in [5.74, 6) is -0.312. The fourth-order valence-corrected chi connectivity index (χ4v) is 3.27. The first-order valence-corrected chi connectivity index (χ1v) is 9.44. The van der Waals surface area contributed by atoms with Crippen molar-refractivity contribution in [1.82, 2.24) is 19.6 Å². The summed E-state index contributed by atoms with van der Waals surface area (Å²) in [5, 5.41) is 12.3. The SMILES string of the molecule is Cc1nn(C(C)C(=O)Nc2cc(C)n(Cc3c(F)cccc3Cl)n2)c(C)c1Cl. The second kappa shape index (κ2) is 7.93. The third-order valence-electron chi connectivity index (χ3n) is 4.59. The Morgan fingerprint density at radius 2 is 1.96 bits per heavy atom. The van der Waals surface area contributed by atoms with Crippen LogP contribution in [0.25, 0.3) is 0 Å². The average molecular weight is 424 g/mol. The zero-order chi connectivity index (χ0) is 20.6. The topological polar surface area (TPSA) is 64.7 Å². The number of nitrogens with one attached hydrogen (secondary N) is 1. The van der Waals surface area contributed by atoms with Gasteiger partial charge in [0, 0.05) is 22.3 Å². The van der Waals surface area contributed by atoms with E-state index in [0.717, 1.165) is 11.4 Å². The number of hydrogen-bond donors (Lipinski definition) is 1. The normalized spacial score (nSPS) is 12.2. The number of carbonyl (C=O) groups excluding carboxylic acids is 1. The Bertz CT molecular complexity index is 1020. The molecule has 2 heterocycles. The summed E-state index contributed by atoms with van der Waals surface area (Å²) in [4.78, 5) is 12.6. The Labute approximate surface area is 172 Å². The van der Waals surface area contributed by atoms with Gasteiger partial charge in [-0.1, -0.05) is 29.3 Å². The van der Waals surface area contributed by atoms with Gasteiger partial charge in [-0.25, -0.2) is 4.39 Å². The number of anilines is 1. The molecule has 148 valence electrons. The predicted octanol–water partition coefficient (Wildman–Crippen LogP) is 4.70. The van der Waals surface area contributed by atoms with Crippen molar-refractivity contribution in [3.8, 4) is 0 Å². The summed E-state index contributed by atoms with van der Waals surface area (Å²) in [6.07, 6.45) is 0. The largest absolute Gasteiger partial charge is 0.307 e. The molecule has 1 atom stereocenters. The van der Waals surface area contributed by atoms with Gasteiger partial charge >= 0.3 is 0 Å². The Hall–Kier alpha value is -2.38. The quantitative estimate of drug-likeness (QED) is 0.646. The van der Waals surface area contributed by atoms with Gasteiger partial charge < -0.3 is 5.32 Å². The van der Waals surface area contributed by atoms with E-state index in [2.05, 4.69) is 15.5 Å². The molecule has 9 heteroatoms. The maximum atomic E-state index is 14.0. The van der Waals surface area contributed by atoms with E-state index in [1.165, 1.54) is 6.07 Å². The summed E-state index contributed by atoms with van der Waals surface area (Å²) in [7, 11) is 0. The van der Waals surface area contributed by atoms with Gasteiger partial charge in [0.2, 0.25) is 5.91 Å². The highest BCUT2D eigenvalue weighted by Crippen LogP contribution is 2.24. The lowest BCUT2D eigenvalue weighted by Gasteiger charge is -2.13. The van der Waals surface area contributed by atoms with Crippen LogP contribution < -0.4 is 5.32 Å². The van der Waals surface area contributed by atoms with Gasteiger partial charge in [-0.15, -0.1) is 0 Å². The number of hydrogen-bond acceptors (Lipinski definition) is 3. The first-order valence-electron chi connectivity index (χ1n) is 8.68. The molecule has 0 radical (unpaired) electrons. The number of halogens is 3. The Morgan fingerprint density at radius 3 is 2.57 bits per heavy atom. The molecule has 0 fully saturated rings. The molecule has 0 aliphatic rings. The average Bonchev–Trinajstić information content (AvgIpc) is 3.11. The lowest BCUT2D eigenvalue weighted by atomic mass is 10.2. The number of rotatable bonds is 5. The van der Waals surface area contributed by atoms with Crippen LogP contribution in [-0.4, -0.2) is 25.5 Å². The van der Waals surface area contributed by atoms with Crippen molar-refractivity contribution in [3.05, 3.63) is 62.8 Å². The first kappa shape index (κ1) is 20.4. The van der Waals surface area contributed by atoms with Gasteiger partial charge in [-0.3, -0.25) is 14.2 Å². The fourth-order valence-electron chi connectivity index (χ4n) is 2.93. The van der Waals surface area contributed by atoms with Crippen molar-refractivity contribution in [2.75, 3.05) is 5.32 Å². The standard InChI is InChI=1S/C19H20Cl2FN5O/c1-10-8-17(25-26(10)9-14-15(20)6-5-7-16(14)22)23-19(28)13(4)27-12(3)18(21)11(2)24-27/h5-8,13H,9H2,1-4H3,(H,23,25,28). The molecule has 3 aromatic rings. The molecule has 0 aliphatic carbocycles. The first-order chi connectivity index (χ1) is 13.2. The van der Waals surface area contributed by atoms with E-state index in [9.17, 15) is 9.18 Å². The minimum Gasteiger partial charge on any atom is -0.307 e. The minimum atomic E-state index is -0.572. The van der Waals surface area contributed by atoms with Gasteiger partial charge in [0.15, 0.2) is 5.82 Å². The Kier molecular flexibility index (Phi) is 5.76. The van der Waals surface area contributed by atoms with Gasteiger partial charge in [0.1, 0.15) is 11.9 Å². The lowest BCUT2D eigenvalue weighted by molar-refractivity contribution is -0.119. The second-order valence-electron chi connectivity index (χ2n) is 6.62. The van der Waals surface area contributed by atoms with Crippen molar-refractivity contribution in [3.63, 3.8) is 0 Å². The molecule has 3 rings (SSSR count). The predicted molar refractivity (Wildman–Crippen MR) is 108 cm³/mol. The highest BCUT2D eigenvalue weighted by atomic mass is 35.5. The molecule has 0 bridgehead atoms. The van der Waals surface area contributed by atoms with Crippen LogP contribution in [0.3, 0.4) is 0 Å². The summed E-state index contributed by atoms with van der Waals surface area (Å²) in [6.45, 7) is 7.31. The molecule has 1 unspecified atom stereocenters. The highest BCUT2D eigenvalue weighted by molar-refractivity contribution is 6.32. The summed E-state index contributed by atoms with van der Waals surface area (Å²) < 4.78 is 17.2. The molecular weight excluding hydrogens is 404 g/mol. The third-order valence-corrected chi connectivity index (χ3v) is 5.49. The summed E-state index contributed by atoms with van der Waals surface area (Å²) in [5.41, 5.74) is 2.49. The second-order valence-corrected chi connectivity index (χ2v) is 7.41. The summed E-state index contributed by atoms with van der Waals surface area (Å²) in [6, 6.07) is 5.67. The maximum Gasteiger partial charge on any atom is 0.250 e. The van der Waals surface area contributed by atoms with Crippen molar-refractivity contribution in [2.45, 2.75) is 40.3 Å². The highest BCUT2D eigenvalue weighted by Gasteiger charge is 2.21. The van der Waals surface area contributed by atoms with Crippen LogP contribution in [0.5, 0.6) is 0 Å². The van der Waals surface area contributed by atoms with Crippen molar-refractivity contribution in [1.29, 1.82) is 0 Å². The zero-order valence-electron chi connectivity index (χ0n) is 15.9. The van der Waals surface area contributed by atoms with Gasteiger partial charge in [-0.05, 0) is 39.8 Å². The number of benzene rings is 1. The van der Waals surface area contributed by atoms with Crippen LogP contribution in [0.15, 0.2) is 24.3 Å². The Morgan fingerprint density at radius 1 is 1.25 bits per heavy atom. The van der Waals surface area contributed by atoms with E-state index >= 15 is 0 Å². The molecule has 0 spiro atoms. The van der Waals surface area contributed by atoms with Crippen LogP contribution in [0.2, 0.25) is 10.0 Å². The van der Waals surface area contributed by atoms with Gasteiger partial charge in [-0.2, -0.15) is 10.2 Å². The molecule has 0 saturated heterocycles. The van der Waals surface area contributed by atoms with Gasteiger partial charge in [0.05, 0.1) is 23.0 Å². The molecule has 28 heavy (non-hydrogen) atoms. The molecule has 2 aromatic heterocycles. The van der Waals surface area contributed by atoms with E-state index in [-0.39, 0.29) is 12.5 Å². The van der Waals surface area contributed by atoms with Gasteiger partial charge in [0.25, 0.3) is 0 Å². The smallest absolute Gasteiger partial charge is 0.250 e. The minimum absolute atomic E-state index is 0.163. The number of aromatic nitrogens is 4. The molecule has 1 aromatic carbocycles. The van der Waals surface area contributed by atoms with E-state index in [1.54, 1.807) is 41.4 Å². The van der Waals surface area contributed by atoms with Crippen molar-refractivity contribution in [2.24, 2.45) is 0 Å². The Balaban J connectivity index is 1.77. The summed E-state index contributed by atoms with van der Waals surface area (Å²) >= 11 is 12.3. The van der Waals surface area contributed by atoms with E-state index in [0.29, 0.717) is 27.1 Å². The van der Waals surface area contributed by atoms with E-state index in [4.69, 9.17) is 23.2 Å². The molecule has 1 N–H and O–H groups in total. The number of amides is 1. The molecule has 6 nitrogen and oxygen atoms in total. The molecule has 0 aliphatic heterocycles. The van der Waals surface area contributed by atoms with Crippen LogP contribution in [0.4, 0.5) is 10.2 Å². The van der Waals surface area contributed by atoms with Crippen LogP contribution in [0.1, 0.15) is 35.6 Å². The fraction of sp³-hybridized carbons (Fsp3) is 0.316. The van der Waals surface area contributed by atoms with Crippen LogP contribution in [0, 0.1) is 26.6 Å². The van der Waals surface area contributed by atoms with E-state index < -0.39 is 11.9 Å². The van der Waals surface area contributed by atoms with E-state index in [1.807, 2.05) is 13.8 Å². The molecule has 1 amide bonds. The zero-order valence-corrected chi connectivity index (χ0v) is 17.4. The van der Waals surface area contributed by atoms with Crippen molar-refractivity contribution >= 4 is 34.9 Å². The number of carbonyl (C=O) groups is 1.